The highest BCUT2D eigenvalue weighted by atomic mass is 15.5. The lowest BCUT2D eigenvalue weighted by molar-refractivity contribution is -0.0899. The van der Waals surface area contributed by atoms with Crippen molar-refractivity contribution in [2.75, 3.05) is 0 Å². The third-order valence-electron chi connectivity index (χ3n) is 5.95. The standard InChI is InChI=1S/C16H26N2/c1-12-6-7-14-13(10-12)11-15(2)8-4-5-9-16(15,3)18(14)17/h6,10,14H,4-5,7-9,11,17H2,1-3H3. The highest BCUT2D eigenvalue weighted by molar-refractivity contribution is 5.35. The van der Waals surface area contributed by atoms with Crippen LogP contribution in [-0.2, 0) is 0 Å². The van der Waals surface area contributed by atoms with Crippen molar-refractivity contribution in [3.63, 3.8) is 0 Å². The fraction of sp³-hybridized carbons (Fsp3) is 0.750. The maximum absolute atomic E-state index is 6.57. The Labute approximate surface area is 111 Å². The molecule has 1 aliphatic heterocycles. The van der Waals surface area contributed by atoms with Crippen LogP contribution < -0.4 is 5.84 Å². The average molecular weight is 246 g/mol. The summed E-state index contributed by atoms with van der Waals surface area (Å²) < 4.78 is 0. The molecule has 0 aromatic heterocycles. The van der Waals surface area contributed by atoms with E-state index in [1.54, 1.807) is 5.57 Å². The fourth-order valence-electron chi connectivity index (χ4n) is 4.43. The van der Waals surface area contributed by atoms with Gasteiger partial charge in [0.25, 0.3) is 0 Å². The zero-order chi connectivity index (χ0) is 13.0. The van der Waals surface area contributed by atoms with Gasteiger partial charge >= 0.3 is 0 Å². The number of piperidine rings is 1. The van der Waals surface area contributed by atoms with Gasteiger partial charge in [-0.05, 0) is 44.9 Å². The molecule has 0 spiro atoms. The molecule has 100 valence electrons. The van der Waals surface area contributed by atoms with Crippen LogP contribution in [-0.4, -0.2) is 16.6 Å². The van der Waals surface area contributed by atoms with Crippen LogP contribution in [0.2, 0.25) is 0 Å². The van der Waals surface area contributed by atoms with Crippen LogP contribution >= 0.6 is 0 Å². The lowest BCUT2D eigenvalue weighted by Crippen LogP contribution is -2.68. The quantitative estimate of drug-likeness (QED) is 0.662. The summed E-state index contributed by atoms with van der Waals surface area (Å²) in [6, 6.07) is 0.449. The van der Waals surface area contributed by atoms with Gasteiger partial charge in [0, 0.05) is 11.6 Å². The molecule has 0 radical (unpaired) electrons. The van der Waals surface area contributed by atoms with Crippen LogP contribution in [0.1, 0.15) is 59.3 Å². The predicted octanol–water partition coefficient (Wildman–Crippen LogP) is 3.55. The van der Waals surface area contributed by atoms with Crippen molar-refractivity contribution >= 4 is 0 Å². The van der Waals surface area contributed by atoms with Crippen LogP contribution in [0.15, 0.2) is 23.3 Å². The molecule has 1 saturated carbocycles. The van der Waals surface area contributed by atoms with Crippen molar-refractivity contribution < 1.29 is 0 Å². The molecule has 2 N–H and O–H groups in total. The van der Waals surface area contributed by atoms with E-state index in [1.807, 2.05) is 0 Å². The monoisotopic (exact) mass is 246 g/mol. The second kappa shape index (κ2) is 3.94. The van der Waals surface area contributed by atoms with E-state index in [2.05, 4.69) is 37.9 Å². The molecule has 2 heteroatoms. The minimum atomic E-state index is 0.187. The molecular formula is C16H26N2. The lowest BCUT2D eigenvalue weighted by atomic mass is 9.56. The first-order chi connectivity index (χ1) is 8.46. The number of allylic oxidation sites excluding steroid dienone is 2. The number of hydrogen-bond acceptors (Lipinski definition) is 2. The molecule has 3 rings (SSSR count). The molecule has 0 amide bonds. The Balaban J connectivity index is 2.01. The van der Waals surface area contributed by atoms with Gasteiger partial charge in [-0.3, -0.25) is 5.84 Å². The molecule has 0 aromatic rings. The Bertz CT molecular complexity index is 423. The molecule has 18 heavy (non-hydrogen) atoms. The van der Waals surface area contributed by atoms with E-state index in [0.717, 1.165) is 6.42 Å². The Morgan fingerprint density at radius 3 is 2.78 bits per heavy atom. The normalized spacial score (nSPS) is 44.8. The van der Waals surface area contributed by atoms with E-state index in [0.29, 0.717) is 11.5 Å². The number of hydrogen-bond donors (Lipinski definition) is 1. The van der Waals surface area contributed by atoms with Gasteiger partial charge in [-0.15, -0.1) is 0 Å². The molecule has 2 aliphatic carbocycles. The molecule has 0 bridgehead atoms. The maximum Gasteiger partial charge on any atom is 0.0494 e. The number of nitrogens with two attached hydrogens (primary N) is 1. The molecule has 0 aromatic carbocycles. The SMILES string of the molecule is CC1=CCC2C(=C1)CC1(C)CCCCC1(C)N2N. The van der Waals surface area contributed by atoms with Crippen molar-refractivity contribution in [3.8, 4) is 0 Å². The van der Waals surface area contributed by atoms with Crippen LogP contribution in [0.4, 0.5) is 0 Å². The molecule has 3 unspecified atom stereocenters. The van der Waals surface area contributed by atoms with Crippen LogP contribution in [0, 0.1) is 5.41 Å². The van der Waals surface area contributed by atoms with Gasteiger partial charge in [-0.1, -0.05) is 43.1 Å². The van der Waals surface area contributed by atoms with E-state index in [9.17, 15) is 0 Å². The minimum absolute atomic E-state index is 0.187. The van der Waals surface area contributed by atoms with Gasteiger partial charge in [-0.2, -0.15) is 0 Å². The Morgan fingerprint density at radius 2 is 2.00 bits per heavy atom. The summed E-state index contributed by atoms with van der Waals surface area (Å²) in [4.78, 5) is 0. The molecule has 3 atom stereocenters. The molecule has 1 saturated heterocycles. The van der Waals surface area contributed by atoms with E-state index < -0.39 is 0 Å². The Morgan fingerprint density at radius 1 is 1.28 bits per heavy atom. The highest BCUT2D eigenvalue weighted by Gasteiger charge is 2.55. The first kappa shape index (κ1) is 12.4. The van der Waals surface area contributed by atoms with Gasteiger partial charge in [0.05, 0.1) is 0 Å². The van der Waals surface area contributed by atoms with Crippen LogP contribution in [0.5, 0.6) is 0 Å². The molecule has 2 fully saturated rings. The predicted molar refractivity (Wildman–Crippen MR) is 75.9 cm³/mol. The highest BCUT2D eigenvalue weighted by Crippen LogP contribution is 2.55. The third-order valence-corrected chi connectivity index (χ3v) is 5.95. The zero-order valence-electron chi connectivity index (χ0n) is 12.0. The second-order valence-corrected chi connectivity index (χ2v) is 7.04. The summed E-state index contributed by atoms with van der Waals surface area (Å²) in [6.45, 7) is 7.06. The molecule has 1 heterocycles. The van der Waals surface area contributed by atoms with Gasteiger partial charge in [0.2, 0.25) is 0 Å². The maximum atomic E-state index is 6.57. The number of hydrazine groups is 1. The van der Waals surface area contributed by atoms with E-state index in [-0.39, 0.29) is 5.54 Å². The van der Waals surface area contributed by atoms with Crippen molar-refractivity contribution in [1.82, 2.24) is 5.01 Å². The first-order valence-corrected chi connectivity index (χ1v) is 7.38. The average Bonchev–Trinajstić information content (AvgIpc) is 2.31. The van der Waals surface area contributed by atoms with Gasteiger partial charge in [0.15, 0.2) is 0 Å². The summed E-state index contributed by atoms with van der Waals surface area (Å²) in [5.74, 6) is 6.57. The Kier molecular flexibility index (Phi) is 2.73. The van der Waals surface area contributed by atoms with Crippen molar-refractivity contribution in [1.29, 1.82) is 0 Å². The summed E-state index contributed by atoms with van der Waals surface area (Å²) in [5.41, 5.74) is 3.53. The summed E-state index contributed by atoms with van der Waals surface area (Å²) >= 11 is 0. The smallest absolute Gasteiger partial charge is 0.0494 e. The van der Waals surface area contributed by atoms with Gasteiger partial charge in [0.1, 0.15) is 0 Å². The largest absolute Gasteiger partial charge is 0.268 e. The lowest BCUT2D eigenvalue weighted by Gasteiger charge is -2.61. The van der Waals surface area contributed by atoms with Crippen LogP contribution in [0.3, 0.4) is 0 Å². The third kappa shape index (κ3) is 1.55. The first-order valence-electron chi connectivity index (χ1n) is 7.38. The Hall–Kier alpha value is -0.600. The fourth-order valence-corrected chi connectivity index (χ4v) is 4.43. The van der Waals surface area contributed by atoms with Crippen molar-refractivity contribution in [2.24, 2.45) is 11.3 Å². The second-order valence-electron chi connectivity index (χ2n) is 7.04. The van der Waals surface area contributed by atoms with Gasteiger partial charge < -0.3 is 0 Å². The molecule has 3 aliphatic rings. The summed E-state index contributed by atoms with van der Waals surface area (Å²) in [6.07, 6.45) is 12.3. The molecule has 2 nitrogen and oxygen atoms in total. The van der Waals surface area contributed by atoms with E-state index in [1.165, 1.54) is 37.7 Å². The summed E-state index contributed by atoms with van der Waals surface area (Å²) in [5, 5.41) is 2.21. The van der Waals surface area contributed by atoms with Crippen molar-refractivity contribution in [3.05, 3.63) is 23.3 Å². The van der Waals surface area contributed by atoms with E-state index in [4.69, 9.17) is 5.84 Å². The minimum Gasteiger partial charge on any atom is -0.268 e. The van der Waals surface area contributed by atoms with E-state index >= 15 is 0 Å². The topological polar surface area (TPSA) is 29.3 Å². The number of nitrogens with zero attached hydrogens (tertiary/aromatic N) is 1. The molecular weight excluding hydrogens is 220 g/mol. The van der Waals surface area contributed by atoms with Crippen molar-refractivity contribution in [2.45, 2.75) is 70.9 Å². The number of fused-ring (bicyclic) bond motifs is 2. The summed E-state index contributed by atoms with van der Waals surface area (Å²) in [7, 11) is 0. The number of rotatable bonds is 0. The van der Waals surface area contributed by atoms with Gasteiger partial charge in [-0.25, -0.2) is 5.01 Å². The van der Waals surface area contributed by atoms with Crippen LogP contribution in [0.25, 0.3) is 0 Å². The zero-order valence-corrected chi connectivity index (χ0v) is 12.0.